The maximum Gasteiger partial charge on any atom is 0.265 e. The van der Waals surface area contributed by atoms with Crippen molar-refractivity contribution in [1.29, 1.82) is 0 Å². The molecule has 1 heterocycles. The van der Waals surface area contributed by atoms with Crippen LogP contribution < -0.4 is 0 Å². The average molecular weight is 400 g/mol. The molecule has 1 aromatic carbocycles. The first-order valence-electron chi connectivity index (χ1n) is 8.39. The molecule has 1 aromatic rings. The summed E-state index contributed by atoms with van der Waals surface area (Å²) in [6.45, 7) is 8.31. The molecule has 3 unspecified atom stereocenters. The molecule has 1 amide bonds. The molecule has 1 saturated heterocycles. The fourth-order valence-electron chi connectivity index (χ4n) is 4.95. The summed E-state index contributed by atoms with van der Waals surface area (Å²) in [6, 6.07) is 4.16. The summed E-state index contributed by atoms with van der Waals surface area (Å²) in [4.78, 5) is 14.6. The Bertz CT molecular complexity index is 688. The van der Waals surface area contributed by atoms with E-state index in [1.165, 1.54) is 19.1 Å². The Morgan fingerprint density at radius 3 is 2.62 bits per heavy atom. The van der Waals surface area contributed by atoms with Crippen LogP contribution in [-0.2, 0) is 10.5 Å². The number of rotatable bonds is 2. The number of hydrogen-bond acceptors (Lipinski definition) is 1. The zero-order valence-corrected chi connectivity index (χ0v) is 16.2. The number of alkyl halides is 1. The van der Waals surface area contributed by atoms with E-state index >= 15 is 4.39 Å². The molecule has 0 radical (unpaired) electrons. The van der Waals surface area contributed by atoms with Crippen LogP contribution in [0.2, 0.25) is 0 Å². The molecular formula is C19H24BrF2NO. The fourth-order valence-corrected chi connectivity index (χ4v) is 5.29. The molecule has 0 spiro atoms. The Balaban J connectivity index is 1.91. The van der Waals surface area contributed by atoms with Gasteiger partial charge in [-0.3, -0.25) is 4.79 Å². The third-order valence-electron chi connectivity index (χ3n) is 5.51. The van der Waals surface area contributed by atoms with E-state index in [2.05, 4.69) is 36.7 Å². The van der Waals surface area contributed by atoms with Gasteiger partial charge in [-0.25, -0.2) is 8.78 Å². The third kappa shape index (κ3) is 3.00. The molecule has 132 valence electrons. The minimum absolute atomic E-state index is 0.0242. The van der Waals surface area contributed by atoms with Crippen LogP contribution in [0.5, 0.6) is 0 Å². The number of halogens is 3. The van der Waals surface area contributed by atoms with Gasteiger partial charge in [0.1, 0.15) is 5.82 Å². The van der Waals surface area contributed by atoms with E-state index in [1.54, 1.807) is 11.0 Å². The summed E-state index contributed by atoms with van der Waals surface area (Å²) in [7, 11) is 0. The van der Waals surface area contributed by atoms with Crippen LogP contribution in [-0.4, -0.2) is 23.4 Å². The van der Waals surface area contributed by atoms with Gasteiger partial charge in [-0.2, -0.15) is 0 Å². The van der Waals surface area contributed by atoms with Crippen molar-refractivity contribution >= 4 is 21.8 Å². The Morgan fingerprint density at radius 2 is 2.00 bits per heavy atom. The highest BCUT2D eigenvalue weighted by molar-refractivity contribution is 9.10. The summed E-state index contributed by atoms with van der Waals surface area (Å²) < 4.78 is 30.1. The maximum absolute atomic E-state index is 15.4. The van der Waals surface area contributed by atoms with E-state index in [0.29, 0.717) is 11.0 Å². The molecule has 2 nitrogen and oxygen atoms in total. The zero-order chi connectivity index (χ0) is 17.9. The lowest BCUT2D eigenvalue weighted by molar-refractivity contribution is -0.145. The Labute approximate surface area is 150 Å². The number of likely N-dealkylation sites (tertiary alicyclic amines) is 1. The molecule has 1 aliphatic carbocycles. The first-order valence-corrected chi connectivity index (χ1v) is 9.18. The van der Waals surface area contributed by atoms with Crippen molar-refractivity contribution in [3.63, 3.8) is 0 Å². The summed E-state index contributed by atoms with van der Waals surface area (Å²) in [5, 5.41) is 0. The lowest BCUT2D eigenvalue weighted by atomic mass is 9.65. The quantitative estimate of drug-likeness (QED) is 0.668. The van der Waals surface area contributed by atoms with Gasteiger partial charge in [-0.15, -0.1) is 0 Å². The Kier molecular flexibility index (Phi) is 4.10. The molecule has 1 saturated carbocycles. The van der Waals surface area contributed by atoms with Crippen LogP contribution in [0.15, 0.2) is 22.7 Å². The van der Waals surface area contributed by atoms with Crippen LogP contribution in [0.3, 0.4) is 0 Å². The van der Waals surface area contributed by atoms with Gasteiger partial charge >= 0.3 is 0 Å². The van der Waals surface area contributed by atoms with Crippen molar-refractivity contribution in [2.24, 2.45) is 10.8 Å². The van der Waals surface area contributed by atoms with E-state index in [9.17, 15) is 9.18 Å². The highest BCUT2D eigenvalue weighted by Crippen LogP contribution is 2.53. The van der Waals surface area contributed by atoms with Crippen molar-refractivity contribution in [1.82, 2.24) is 4.90 Å². The summed E-state index contributed by atoms with van der Waals surface area (Å²) >= 11 is 3.16. The molecule has 5 heteroatoms. The second-order valence-corrected chi connectivity index (χ2v) is 9.69. The van der Waals surface area contributed by atoms with Gasteiger partial charge in [0.25, 0.3) is 5.91 Å². The number of fused-ring (bicyclic) bond motifs is 2. The smallest absolute Gasteiger partial charge is 0.265 e. The standard InChI is InChI=1S/C19H24BrF2NO/c1-17(2)8-13-9-18(3,10-17)11-23(13)16(24)19(4,22)14-6-5-12(20)7-15(14)21/h5-7,13H,8-11H2,1-4H3. The first kappa shape index (κ1) is 17.8. The predicted octanol–water partition coefficient (Wildman–Crippen LogP) is 5.20. The van der Waals surface area contributed by atoms with Gasteiger partial charge < -0.3 is 4.90 Å². The number of hydrogen-bond donors (Lipinski definition) is 0. The lowest BCUT2D eigenvalue weighted by Crippen LogP contribution is -2.46. The maximum atomic E-state index is 15.4. The summed E-state index contributed by atoms with van der Waals surface area (Å²) in [5.41, 5.74) is -2.39. The van der Waals surface area contributed by atoms with E-state index in [0.717, 1.165) is 19.3 Å². The van der Waals surface area contributed by atoms with Crippen LogP contribution >= 0.6 is 15.9 Å². The highest BCUT2D eigenvalue weighted by atomic mass is 79.9. The number of benzene rings is 1. The van der Waals surface area contributed by atoms with Crippen LogP contribution in [0.25, 0.3) is 0 Å². The van der Waals surface area contributed by atoms with Crippen molar-refractivity contribution < 1.29 is 13.6 Å². The second kappa shape index (κ2) is 5.52. The molecule has 24 heavy (non-hydrogen) atoms. The zero-order valence-electron chi connectivity index (χ0n) is 14.6. The summed E-state index contributed by atoms with van der Waals surface area (Å²) in [5.74, 6) is -1.31. The highest BCUT2D eigenvalue weighted by Gasteiger charge is 2.54. The minimum Gasteiger partial charge on any atom is -0.336 e. The number of nitrogens with zero attached hydrogens (tertiary/aromatic N) is 1. The normalized spacial score (nSPS) is 31.0. The van der Waals surface area contributed by atoms with Crippen molar-refractivity contribution in [3.05, 3.63) is 34.1 Å². The van der Waals surface area contributed by atoms with E-state index in [-0.39, 0.29) is 22.4 Å². The number of carbonyl (C=O) groups is 1. The topological polar surface area (TPSA) is 20.3 Å². The molecule has 2 fully saturated rings. The van der Waals surface area contributed by atoms with Crippen LogP contribution in [0, 0.1) is 16.6 Å². The first-order chi connectivity index (χ1) is 10.9. The lowest BCUT2D eigenvalue weighted by Gasteiger charge is -2.39. The van der Waals surface area contributed by atoms with Crippen molar-refractivity contribution in [2.75, 3.05) is 6.54 Å². The molecule has 3 rings (SSSR count). The van der Waals surface area contributed by atoms with E-state index in [4.69, 9.17) is 0 Å². The number of amides is 1. The van der Waals surface area contributed by atoms with Gasteiger partial charge in [0.15, 0.2) is 0 Å². The fraction of sp³-hybridized carbons (Fsp3) is 0.632. The van der Waals surface area contributed by atoms with Crippen molar-refractivity contribution in [2.45, 2.75) is 58.7 Å². The molecule has 1 aliphatic heterocycles. The summed E-state index contributed by atoms with van der Waals surface area (Å²) in [6.07, 6.45) is 2.80. The monoisotopic (exact) mass is 399 g/mol. The van der Waals surface area contributed by atoms with Gasteiger partial charge in [-0.05, 0) is 49.1 Å². The minimum atomic E-state index is -2.36. The number of carbonyl (C=O) groups excluding carboxylic acids is 1. The Hall–Kier alpha value is -0.970. The van der Waals surface area contributed by atoms with E-state index < -0.39 is 17.4 Å². The van der Waals surface area contributed by atoms with Crippen LogP contribution in [0.1, 0.15) is 52.5 Å². The van der Waals surface area contributed by atoms with Gasteiger partial charge in [0, 0.05) is 22.6 Å². The van der Waals surface area contributed by atoms with Crippen molar-refractivity contribution in [3.8, 4) is 0 Å². The molecular weight excluding hydrogens is 376 g/mol. The van der Waals surface area contributed by atoms with Gasteiger partial charge in [0.05, 0.1) is 0 Å². The SMILES string of the molecule is CC1(C)CC2CC(C)(CN2C(=O)C(C)(F)c2ccc(Br)cc2F)C1. The third-order valence-corrected chi connectivity index (χ3v) is 6.01. The molecule has 3 atom stereocenters. The Morgan fingerprint density at radius 1 is 1.33 bits per heavy atom. The average Bonchev–Trinajstić information content (AvgIpc) is 2.66. The predicted molar refractivity (Wildman–Crippen MR) is 93.8 cm³/mol. The largest absolute Gasteiger partial charge is 0.336 e. The molecule has 0 N–H and O–H groups in total. The van der Waals surface area contributed by atoms with Gasteiger partial charge in [0.2, 0.25) is 5.67 Å². The molecule has 2 bridgehead atoms. The van der Waals surface area contributed by atoms with Gasteiger partial charge in [-0.1, -0.05) is 42.8 Å². The van der Waals surface area contributed by atoms with Crippen LogP contribution in [0.4, 0.5) is 8.78 Å². The molecule has 0 aromatic heterocycles. The second-order valence-electron chi connectivity index (χ2n) is 8.77. The molecule has 2 aliphatic rings. The van der Waals surface area contributed by atoms with E-state index in [1.807, 2.05) is 0 Å².